The molecule has 1 aliphatic heterocycles. The van der Waals surface area contributed by atoms with Crippen molar-refractivity contribution in [2.24, 2.45) is 5.92 Å². The fourth-order valence-corrected chi connectivity index (χ4v) is 3.97. The first kappa shape index (κ1) is 27.6. The van der Waals surface area contributed by atoms with Crippen molar-refractivity contribution in [3.8, 4) is 0 Å². The molecule has 190 valence electrons. The largest absolute Gasteiger partial charge is 0.466 e. The molecule has 0 bridgehead atoms. The normalized spacial score (nSPS) is 17.0. The number of nitrogens with zero attached hydrogens (tertiary/aromatic N) is 1. The van der Waals surface area contributed by atoms with E-state index in [0.29, 0.717) is 11.4 Å². The Labute approximate surface area is 204 Å². The van der Waals surface area contributed by atoms with Crippen LogP contribution in [0.5, 0.6) is 0 Å². The molecule has 1 aromatic carbocycles. The van der Waals surface area contributed by atoms with Crippen LogP contribution in [0, 0.1) is 16.0 Å². The average Bonchev–Trinajstić information content (AvgIpc) is 2.74. The molecule has 0 aliphatic carbocycles. The number of carbonyl (C=O) groups is 3. The monoisotopic (exact) mass is 487 g/mol. The molecule has 1 aromatic rings. The fourth-order valence-electron chi connectivity index (χ4n) is 3.97. The molecule has 0 saturated carbocycles. The molecule has 1 aliphatic rings. The maximum atomic E-state index is 13.7. The topological polar surface area (TPSA) is 137 Å². The van der Waals surface area contributed by atoms with Gasteiger partial charge in [0.15, 0.2) is 0 Å². The van der Waals surface area contributed by atoms with Gasteiger partial charge in [0.2, 0.25) is 0 Å². The van der Waals surface area contributed by atoms with Crippen LogP contribution in [-0.2, 0) is 23.9 Å². The second-order valence-corrected chi connectivity index (χ2v) is 9.67. The van der Waals surface area contributed by atoms with Gasteiger partial charge in [-0.3, -0.25) is 14.9 Å². The van der Waals surface area contributed by atoms with E-state index in [9.17, 15) is 24.5 Å². The molecule has 2 rings (SSSR count). The molecule has 2 atom stereocenters. The Kier molecular flexibility index (Phi) is 8.43. The highest BCUT2D eigenvalue weighted by Gasteiger charge is 2.41. The first-order valence-corrected chi connectivity index (χ1v) is 11.2. The van der Waals surface area contributed by atoms with Gasteiger partial charge in [-0.05, 0) is 40.5 Å². The highest BCUT2D eigenvalue weighted by Crippen LogP contribution is 2.42. The number of dihydropyridines is 1. The molecule has 10 nitrogen and oxygen atoms in total. The number of ether oxygens (including phenoxy) is 2. The van der Waals surface area contributed by atoms with Crippen LogP contribution in [0.15, 0.2) is 46.8 Å². The first-order valence-electron chi connectivity index (χ1n) is 11.2. The summed E-state index contributed by atoms with van der Waals surface area (Å²) in [4.78, 5) is 50.5. The number of esters is 2. The van der Waals surface area contributed by atoms with E-state index in [4.69, 9.17) is 9.47 Å². The Morgan fingerprint density at radius 1 is 1.09 bits per heavy atom. The Hall–Kier alpha value is -3.69. The second-order valence-electron chi connectivity index (χ2n) is 9.67. The van der Waals surface area contributed by atoms with E-state index < -0.39 is 40.3 Å². The molecule has 1 amide bonds. The number of hydrogen-bond acceptors (Lipinski definition) is 8. The number of methoxy groups -OCH3 is 1. The number of benzene rings is 1. The third-order valence-electron chi connectivity index (χ3n) is 5.47. The lowest BCUT2D eigenvalue weighted by atomic mass is 9.79. The minimum atomic E-state index is -1.10. The molecular weight excluding hydrogens is 454 g/mol. The lowest BCUT2D eigenvalue weighted by molar-refractivity contribution is -0.385. The molecule has 0 saturated heterocycles. The van der Waals surface area contributed by atoms with Crippen LogP contribution in [0.1, 0.15) is 59.9 Å². The third-order valence-corrected chi connectivity index (χ3v) is 5.47. The summed E-state index contributed by atoms with van der Waals surface area (Å²) in [6.45, 7) is 12.0. The van der Waals surface area contributed by atoms with E-state index in [1.807, 2.05) is 0 Å². The summed E-state index contributed by atoms with van der Waals surface area (Å²) in [5.74, 6) is -3.41. The standard InChI is InChI=1S/C25H33N3O7/c1-13(2)21(24(31)35-25(5,6)7)27-22(29)18-14(3)26-15(4)19(23(30)34-8)20(18)16-11-9-10-12-17(16)28(32)33/h9-13,20-21,26H,1-8H3,(H,27,29)/t20?,21-/m0/s1. The van der Waals surface area contributed by atoms with Crippen LogP contribution in [0.3, 0.4) is 0 Å². The maximum absolute atomic E-state index is 13.7. The number of carbonyl (C=O) groups excluding carboxylic acids is 3. The number of amides is 1. The molecule has 0 spiro atoms. The lowest BCUT2D eigenvalue weighted by Gasteiger charge is -2.32. The van der Waals surface area contributed by atoms with E-state index in [1.165, 1.54) is 25.3 Å². The zero-order valence-electron chi connectivity index (χ0n) is 21.3. The number of nitro benzene ring substituents is 1. The minimum Gasteiger partial charge on any atom is -0.466 e. The van der Waals surface area contributed by atoms with Crippen molar-refractivity contribution in [3.05, 3.63) is 62.5 Å². The molecule has 10 heteroatoms. The zero-order chi connectivity index (χ0) is 26.7. The van der Waals surface area contributed by atoms with Crippen molar-refractivity contribution in [2.75, 3.05) is 7.11 Å². The lowest BCUT2D eigenvalue weighted by Crippen LogP contribution is -2.49. The van der Waals surface area contributed by atoms with Gasteiger partial charge in [0.1, 0.15) is 11.6 Å². The summed E-state index contributed by atoms with van der Waals surface area (Å²) in [6, 6.07) is 4.92. The maximum Gasteiger partial charge on any atom is 0.336 e. The number of rotatable bonds is 7. The number of nitro groups is 1. The SMILES string of the molecule is COC(=O)C1=C(C)NC(C)=C(C(=O)N[C@H](C(=O)OC(C)(C)C)C(C)C)C1c1ccccc1[N+](=O)[O-]. The van der Waals surface area contributed by atoms with E-state index in [-0.39, 0.29) is 28.3 Å². The third kappa shape index (κ3) is 6.26. The van der Waals surface area contributed by atoms with E-state index in [2.05, 4.69) is 10.6 Å². The van der Waals surface area contributed by atoms with Crippen molar-refractivity contribution in [1.29, 1.82) is 0 Å². The number of nitrogens with one attached hydrogen (secondary N) is 2. The Balaban J connectivity index is 2.64. The molecule has 0 radical (unpaired) electrons. The van der Waals surface area contributed by atoms with Gasteiger partial charge >= 0.3 is 11.9 Å². The second kappa shape index (κ2) is 10.7. The highest BCUT2D eigenvalue weighted by molar-refractivity contribution is 6.03. The van der Waals surface area contributed by atoms with Gasteiger partial charge in [-0.15, -0.1) is 0 Å². The van der Waals surface area contributed by atoms with Gasteiger partial charge in [0, 0.05) is 28.6 Å². The number of allylic oxidation sites excluding steroid dienone is 2. The van der Waals surface area contributed by atoms with E-state index in [1.54, 1.807) is 54.5 Å². The average molecular weight is 488 g/mol. The number of para-hydroxylation sites is 1. The van der Waals surface area contributed by atoms with Gasteiger partial charge in [0.25, 0.3) is 11.6 Å². The van der Waals surface area contributed by atoms with Crippen LogP contribution >= 0.6 is 0 Å². The van der Waals surface area contributed by atoms with Crippen LogP contribution < -0.4 is 10.6 Å². The summed E-state index contributed by atoms with van der Waals surface area (Å²) < 4.78 is 10.4. The van der Waals surface area contributed by atoms with Gasteiger partial charge in [0.05, 0.1) is 23.5 Å². The van der Waals surface area contributed by atoms with Gasteiger partial charge < -0.3 is 20.1 Å². The van der Waals surface area contributed by atoms with Gasteiger partial charge in [-0.2, -0.15) is 0 Å². The predicted molar refractivity (Wildman–Crippen MR) is 129 cm³/mol. The summed E-state index contributed by atoms with van der Waals surface area (Å²) >= 11 is 0. The Morgan fingerprint density at radius 3 is 2.17 bits per heavy atom. The van der Waals surface area contributed by atoms with Crippen LogP contribution in [0.25, 0.3) is 0 Å². The summed E-state index contributed by atoms with van der Waals surface area (Å²) in [7, 11) is 1.20. The quantitative estimate of drug-likeness (QED) is 0.339. The van der Waals surface area contributed by atoms with E-state index >= 15 is 0 Å². The fraction of sp³-hybridized carbons (Fsp3) is 0.480. The van der Waals surface area contributed by atoms with Crippen molar-refractivity contribution < 1.29 is 28.8 Å². The first-order chi connectivity index (χ1) is 16.2. The minimum absolute atomic E-state index is 0.0657. The van der Waals surface area contributed by atoms with Gasteiger partial charge in [-0.25, -0.2) is 9.59 Å². The molecule has 1 unspecified atom stereocenters. The summed E-state index contributed by atoms with van der Waals surface area (Å²) in [6.07, 6.45) is 0. The summed E-state index contributed by atoms with van der Waals surface area (Å²) in [5.41, 5.74) is 0.0714. The Bertz CT molecular complexity index is 1100. The predicted octanol–water partition coefficient (Wildman–Crippen LogP) is 3.49. The number of hydrogen-bond donors (Lipinski definition) is 2. The van der Waals surface area contributed by atoms with Crippen LogP contribution in [-0.4, -0.2) is 41.5 Å². The van der Waals surface area contributed by atoms with Crippen LogP contribution in [0.4, 0.5) is 5.69 Å². The molecule has 2 N–H and O–H groups in total. The van der Waals surface area contributed by atoms with Crippen molar-refractivity contribution in [2.45, 2.75) is 66.0 Å². The van der Waals surface area contributed by atoms with Gasteiger partial charge in [-0.1, -0.05) is 32.0 Å². The highest BCUT2D eigenvalue weighted by atomic mass is 16.6. The van der Waals surface area contributed by atoms with Crippen LogP contribution in [0.2, 0.25) is 0 Å². The van der Waals surface area contributed by atoms with E-state index in [0.717, 1.165) is 0 Å². The molecule has 1 heterocycles. The molecule has 0 aromatic heterocycles. The molecular formula is C25H33N3O7. The van der Waals surface area contributed by atoms with Crippen molar-refractivity contribution in [1.82, 2.24) is 10.6 Å². The van der Waals surface area contributed by atoms with Crippen molar-refractivity contribution >= 4 is 23.5 Å². The molecule has 35 heavy (non-hydrogen) atoms. The zero-order valence-corrected chi connectivity index (χ0v) is 21.3. The Morgan fingerprint density at radius 2 is 1.66 bits per heavy atom. The smallest absolute Gasteiger partial charge is 0.336 e. The molecule has 0 fully saturated rings. The summed E-state index contributed by atoms with van der Waals surface area (Å²) in [5, 5.41) is 17.5. The van der Waals surface area contributed by atoms with Crippen molar-refractivity contribution in [3.63, 3.8) is 0 Å².